The van der Waals surface area contributed by atoms with Gasteiger partial charge in [-0.1, -0.05) is 60.7 Å². The number of hydrogen-bond donors (Lipinski definition) is 1. The topological polar surface area (TPSA) is 66.3 Å². The number of rotatable bonds is 6. The van der Waals surface area contributed by atoms with Gasteiger partial charge in [-0.3, -0.25) is 0 Å². The maximum Gasteiger partial charge on any atom is 0.327 e. The molecule has 1 heterocycles. The van der Waals surface area contributed by atoms with Crippen molar-refractivity contribution in [2.24, 2.45) is 0 Å². The second-order valence-electron chi connectivity index (χ2n) is 6.64. The minimum Gasteiger partial charge on any atom is -0.480 e. The monoisotopic (exact) mass is 361 g/mol. The third kappa shape index (κ3) is 4.14. The van der Waals surface area contributed by atoms with Gasteiger partial charge in [0.15, 0.2) is 0 Å². The van der Waals surface area contributed by atoms with Crippen molar-refractivity contribution in [2.45, 2.75) is 25.8 Å². The predicted molar refractivity (Wildman–Crippen MR) is 106 cm³/mol. The highest BCUT2D eigenvalue weighted by Crippen LogP contribution is 2.32. The molecule has 0 amide bonds. The summed E-state index contributed by atoms with van der Waals surface area (Å²) in [5.41, 5.74) is 3.49. The molecular formula is C22H23N3O2. The number of likely N-dealkylation sites (N-methyl/N-ethyl adjacent to an activating group) is 1. The summed E-state index contributed by atoms with van der Waals surface area (Å²) in [6.07, 6.45) is 0. The number of carboxylic acid groups (broad SMARTS) is 1. The van der Waals surface area contributed by atoms with Crippen LogP contribution in [0.25, 0.3) is 0 Å². The number of aryl methyl sites for hydroxylation is 2. The molecule has 0 fully saturated rings. The van der Waals surface area contributed by atoms with Crippen molar-refractivity contribution in [1.29, 1.82) is 0 Å². The van der Waals surface area contributed by atoms with Crippen LogP contribution in [0, 0.1) is 13.8 Å². The summed E-state index contributed by atoms with van der Waals surface area (Å²) in [6.45, 7) is 3.77. The Labute approximate surface area is 159 Å². The standard InChI is InChI=1S/C22H23N3O2/c1-15-14-16(2)24-22(23-15)25(3)20(21(26)27)19(17-10-6-4-7-11-17)18-12-8-5-9-13-18/h4-14,19-20H,1-3H3,(H,26,27). The van der Waals surface area contributed by atoms with Gasteiger partial charge in [0, 0.05) is 24.4 Å². The van der Waals surface area contributed by atoms with Gasteiger partial charge < -0.3 is 10.0 Å². The molecular weight excluding hydrogens is 338 g/mol. The number of carbonyl (C=O) groups is 1. The van der Waals surface area contributed by atoms with Crippen LogP contribution in [0.4, 0.5) is 5.95 Å². The van der Waals surface area contributed by atoms with Crippen molar-refractivity contribution in [3.8, 4) is 0 Å². The van der Waals surface area contributed by atoms with E-state index in [9.17, 15) is 9.90 Å². The number of aliphatic carboxylic acids is 1. The molecule has 0 bridgehead atoms. The average Bonchev–Trinajstić information content (AvgIpc) is 2.66. The molecule has 2 aromatic carbocycles. The molecule has 3 aromatic rings. The Morgan fingerprint density at radius 1 is 0.889 bits per heavy atom. The lowest BCUT2D eigenvalue weighted by Gasteiger charge is -2.32. The Morgan fingerprint density at radius 2 is 1.33 bits per heavy atom. The smallest absolute Gasteiger partial charge is 0.327 e. The van der Waals surface area contributed by atoms with E-state index in [2.05, 4.69) is 9.97 Å². The lowest BCUT2D eigenvalue weighted by atomic mass is 9.84. The molecule has 0 spiro atoms. The fourth-order valence-electron chi connectivity index (χ4n) is 3.40. The first-order chi connectivity index (χ1) is 13.0. The van der Waals surface area contributed by atoms with Gasteiger partial charge in [-0.15, -0.1) is 0 Å². The number of carboxylic acids is 1. The van der Waals surface area contributed by atoms with Crippen LogP contribution in [0.3, 0.4) is 0 Å². The van der Waals surface area contributed by atoms with Gasteiger partial charge in [-0.2, -0.15) is 0 Å². The molecule has 5 heteroatoms. The quantitative estimate of drug-likeness (QED) is 0.723. The van der Waals surface area contributed by atoms with Crippen molar-refractivity contribution in [1.82, 2.24) is 9.97 Å². The fraction of sp³-hybridized carbons (Fsp3) is 0.227. The van der Waals surface area contributed by atoms with E-state index >= 15 is 0 Å². The van der Waals surface area contributed by atoms with Crippen molar-refractivity contribution in [3.05, 3.63) is 89.2 Å². The Morgan fingerprint density at radius 3 is 1.74 bits per heavy atom. The third-order valence-corrected chi connectivity index (χ3v) is 4.59. The first kappa shape index (κ1) is 18.6. The highest BCUT2D eigenvalue weighted by atomic mass is 16.4. The second-order valence-corrected chi connectivity index (χ2v) is 6.64. The Bertz CT molecular complexity index is 854. The van der Waals surface area contributed by atoms with Crippen molar-refractivity contribution in [2.75, 3.05) is 11.9 Å². The maximum atomic E-state index is 12.4. The van der Waals surface area contributed by atoms with Gasteiger partial charge in [0.05, 0.1) is 0 Å². The molecule has 5 nitrogen and oxygen atoms in total. The first-order valence-corrected chi connectivity index (χ1v) is 8.85. The molecule has 1 N–H and O–H groups in total. The van der Waals surface area contributed by atoms with Crippen LogP contribution in [0.1, 0.15) is 28.4 Å². The zero-order chi connectivity index (χ0) is 19.4. The van der Waals surface area contributed by atoms with E-state index in [0.717, 1.165) is 22.5 Å². The maximum absolute atomic E-state index is 12.4. The van der Waals surface area contributed by atoms with Gasteiger partial charge in [-0.25, -0.2) is 14.8 Å². The molecule has 138 valence electrons. The van der Waals surface area contributed by atoms with Crippen LogP contribution < -0.4 is 4.90 Å². The summed E-state index contributed by atoms with van der Waals surface area (Å²) >= 11 is 0. The number of hydrogen-bond acceptors (Lipinski definition) is 4. The molecule has 1 aromatic heterocycles. The summed E-state index contributed by atoms with van der Waals surface area (Å²) in [6, 6.07) is 20.4. The van der Waals surface area contributed by atoms with Crippen molar-refractivity contribution in [3.63, 3.8) is 0 Å². The lowest BCUT2D eigenvalue weighted by molar-refractivity contribution is -0.138. The van der Waals surface area contributed by atoms with E-state index in [4.69, 9.17) is 0 Å². The minimum atomic E-state index is -0.919. The normalized spacial score (nSPS) is 12.0. The SMILES string of the molecule is Cc1cc(C)nc(N(C)C(C(=O)O)C(c2ccccc2)c2ccccc2)n1. The summed E-state index contributed by atoms with van der Waals surface area (Å²) in [5.74, 6) is -0.867. The number of benzene rings is 2. The third-order valence-electron chi connectivity index (χ3n) is 4.59. The zero-order valence-electron chi connectivity index (χ0n) is 15.7. The molecule has 3 rings (SSSR count). The molecule has 27 heavy (non-hydrogen) atoms. The van der Waals surface area contributed by atoms with E-state index in [-0.39, 0.29) is 5.92 Å². The molecule has 0 saturated carbocycles. The van der Waals surface area contributed by atoms with Gasteiger partial charge in [-0.05, 0) is 31.0 Å². The molecule has 0 aliphatic carbocycles. The van der Waals surface area contributed by atoms with E-state index in [1.54, 1.807) is 11.9 Å². The first-order valence-electron chi connectivity index (χ1n) is 8.85. The summed E-state index contributed by atoms with van der Waals surface area (Å²) < 4.78 is 0. The van der Waals surface area contributed by atoms with Crippen LogP contribution >= 0.6 is 0 Å². The van der Waals surface area contributed by atoms with Crippen LogP contribution in [-0.2, 0) is 4.79 Å². The molecule has 0 aliphatic rings. The van der Waals surface area contributed by atoms with Crippen LogP contribution in [-0.4, -0.2) is 34.1 Å². The highest BCUT2D eigenvalue weighted by Gasteiger charge is 2.35. The Balaban J connectivity index is 2.12. The largest absolute Gasteiger partial charge is 0.480 e. The van der Waals surface area contributed by atoms with Gasteiger partial charge >= 0.3 is 5.97 Å². The minimum absolute atomic E-state index is 0.362. The number of nitrogens with zero attached hydrogens (tertiary/aromatic N) is 3. The van der Waals surface area contributed by atoms with Crippen molar-refractivity contribution < 1.29 is 9.90 Å². The average molecular weight is 361 g/mol. The molecule has 0 saturated heterocycles. The van der Waals surface area contributed by atoms with E-state index in [0.29, 0.717) is 5.95 Å². The van der Waals surface area contributed by atoms with E-state index in [1.807, 2.05) is 80.6 Å². The fourth-order valence-corrected chi connectivity index (χ4v) is 3.40. The zero-order valence-corrected chi connectivity index (χ0v) is 15.7. The van der Waals surface area contributed by atoms with E-state index in [1.165, 1.54) is 0 Å². The van der Waals surface area contributed by atoms with Crippen LogP contribution in [0.2, 0.25) is 0 Å². The molecule has 0 radical (unpaired) electrons. The van der Waals surface area contributed by atoms with Gasteiger partial charge in [0.1, 0.15) is 6.04 Å². The summed E-state index contributed by atoms with van der Waals surface area (Å²) in [5, 5.41) is 10.1. The highest BCUT2D eigenvalue weighted by molar-refractivity contribution is 5.80. The summed E-state index contributed by atoms with van der Waals surface area (Å²) in [4.78, 5) is 23.0. The molecule has 0 aliphatic heterocycles. The van der Waals surface area contributed by atoms with E-state index < -0.39 is 12.0 Å². The van der Waals surface area contributed by atoms with Crippen LogP contribution in [0.15, 0.2) is 66.7 Å². The number of anilines is 1. The Hall–Kier alpha value is -3.21. The lowest BCUT2D eigenvalue weighted by Crippen LogP contribution is -2.44. The second kappa shape index (κ2) is 7.99. The van der Waals surface area contributed by atoms with Gasteiger partial charge in [0.25, 0.3) is 0 Å². The Kier molecular flexibility index (Phi) is 5.50. The number of aromatic nitrogens is 2. The van der Waals surface area contributed by atoms with Crippen molar-refractivity contribution >= 4 is 11.9 Å². The van der Waals surface area contributed by atoms with Crippen LogP contribution in [0.5, 0.6) is 0 Å². The summed E-state index contributed by atoms with van der Waals surface area (Å²) in [7, 11) is 1.74. The van der Waals surface area contributed by atoms with Gasteiger partial charge in [0.2, 0.25) is 5.95 Å². The molecule has 1 unspecified atom stereocenters. The molecule has 1 atom stereocenters. The predicted octanol–water partition coefficient (Wildman–Crippen LogP) is 3.81.